The van der Waals surface area contributed by atoms with Gasteiger partial charge in [0.15, 0.2) is 9.84 Å². The number of rotatable bonds is 4. The van der Waals surface area contributed by atoms with Crippen LogP contribution in [0.5, 0.6) is 0 Å². The van der Waals surface area contributed by atoms with Crippen LogP contribution in [-0.4, -0.2) is 38.3 Å². The molecular weight excluding hydrogens is 366 g/mol. The number of ketones is 1. The summed E-state index contributed by atoms with van der Waals surface area (Å²) >= 11 is 9.38. The summed E-state index contributed by atoms with van der Waals surface area (Å²) in [6.45, 7) is 0.416. The average Bonchev–Trinajstić information content (AvgIpc) is 2.31. The number of Topliss-reactive ketones (excluding diaryl/α,β-unsaturated/α-hetero) is 1. The highest BCUT2D eigenvalue weighted by atomic mass is 79.9. The second-order valence-corrected chi connectivity index (χ2v) is 8.47. The van der Waals surface area contributed by atoms with Crippen molar-refractivity contribution < 1.29 is 13.2 Å². The van der Waals surface area contributed by atoms with Gasteiger partial charge in [-0.15, -0.1) is 0 Å². The highest BCUT2D eigenvalue weighted by Crippen LogP contribution is 2.22. The number of carbonyl (C=O) groups excluding carboxylic acids is 1. The number of halogens is 2. The van der Waals surface area contributed by atoms with Crippen LogP contribution < -0.4 is 5.32 Å². The minimum atomic E-state index is -3.01. The zero-order valence-electron chi connectivity index (χ0n) is 10.7. The molecule has 110 valence electrons. The first-order valence-corrected chi connectivity index (χ1v) is 9.24. The van der Waals surface area contributed by atoms with Crippen molar-refractivity contribution in [3.05, 3.63) is 33.3 Å². The third-order valence-corrected chi connectivity index (χ3v) is 5.76. The monoisotopic (exact) mass is 379 g/mol. The van der Waals surface area contributed by atoms with Gasteiger partial charge in [-0.2, -0.15) is 0 Å². The minimum Gasteiger partial charge on any atom is -0.312 e. The Labute approximate surface area is 131 Å². The third-order valence-electron chi connectivity index (χ3n) is 3.18. The van der Waals surface area contributed by atoms with Crippen molar-refractivity contribution >= 4 is 43.2 Å². The molecule has 1 aromatic carbocycles. The van der Waals surface area contributed by atoms with Gasteiger partial charge in [-0.1, -0.05) is 33.6 Å². The Kier molecular flexibility index (Phi) is 5.23. The van der Waals surface area contributed by atoms with Crippen LogP contribution in [0.3, 0.4) is 0 Å². The Hall–Kier alpha value is -0.430. The molecule has 1 fully saturated rings. The summed E-state index contributed by atoms with van der Waals surface area (Å²) in [7, 11) is -3.01. The maximum atomic E-state index is 12.0. The molecule has 1 saturated heterocycles. The number of hydrogen-bond donors (Lipinski definition) is 1. The molecule has 0 aromatic heterocycles. The molecule has 1 aliphatic heterocycles. The molecule has 0 amide bonds. The van der Waals surface area contributed by atoms with E-state index in [2.05, 4.69) is 21.2 Å². The van der Waals surface area contributed by atoms with Gasteiger partial charge in [-0.25, -0.2) is 8.42 Å². The van der Waals surface area contributed by atoms with Crippen LogP contribution in [0.4, 0.5) is 0 Å². The Morgan fingerprint density at radius 2 is 2.20 bits per heavy atom. The van der Waals surface area contributed by atoms with Crippen molar-refractivity contribution in [3.8, 4) is 0 Å². The molecule has 0 radical (unpaired) electrons. The highest BCUT2D eigenvalue weighted by Gasteiger charge is 2.26. The summed E-state index contributed by atoms with van der Waals surface area (Å²) in [5, 5.41) is 3.61. The quantitative estimate of drug-likeness (QED) is 0.868. The second kappa shape index (κ2) is 6.56. The average molecular weight is 381 g/mol. The molecule has 7 heteroatoms. The summed E-state index contributed by atoms with van der Waals surface area (Å²) in [6, 6.07) is 5.09. The smallest absolute Gasteiger partial charge is 0.153 e. The number of sulfone groups is 1. The Morgan fingerprint density at radius 3 is 2.85 bits per heavy atom. The first-order chi connectivity index (χ1) is 9.35. The zero-order valence-corrected chi connectivity index (χ0v) is 13.9. The lowest BCUT2D eigenvalue weighted by Crippen LogP contribution is -2.46. The SMILES string of the molecule is O=C(Cc1ccc(Br)cc1Cl)CC1CS(=O)(=O)CCN1. The second-order valence-electron chi connectivity index (χ2n) is 4.92. The van der Waals surface area contributed by atoms with Crippen LogP contribution >= 0.6 is 27.5 Å². The van der Waals surface area contributed by atoms with E-state index in [1.807, 2.05) is 6.07 Å². The molecule has 1 N–H and O–H groups in total. The molecule has 1 heterocycles. The van der Waals surface area contributed by atoms with E-state index in [1.54, 1.807) is 12.1 Å². The van der Waals surface area contributed by atoms with Crippen molar-refractivity contribution in [1.29, 1.82) is 0 Å². The summed E-state index contributed by atoms with van der Waals surface area (Å²) in [5.41, 5.74) is 0.763. The predicted octanol–water partition coefficient (Wildman–Crippen LogP) is 1.99. The van der Waals surface area contributed by atoms with Crippen LogP contribution in [-0.2, 0) is 21.1 Å². The molecule has 20 heavy (non-hydrogen) atoms. The van der Waals surface area contributed by atoms with E-state index in [4.69, 9.17) is 11.6 Å². The van der Waals surface area contributed by atoms with Gasteiger partial charge in [0.1, 0.15) is 5.78 Å². The fourth-order valence-electron chi connectivity index (χ4n) is 2.22. The van der Waals surface area contributed by atoms with Gasteiger partial charge in [-0.3, -0.25) is 4.79 Å². The van der Waals surface area contributed by atoms with Crippen LogP contribution in [0.1, 0.15) is 12.0 Å². The summed E-state index contributed by atoms with van der Waals surface area (Å²) < 4.78 is 23.9. The molecule has 4 nitrogen and oxygen atoms in total. The molecule has 1 aliphatic rings. The lowest BCUT2D eigenvalue weighted by molar-refractivity contribution is -0.118. The van der Waals surface area contributed by atoms with Gasteiger partial charge in [0.2, 0.25) is 0 Å². The van der Waals surface area contributed by atoms with Crippen molar-refractivity contribution in [3.63, 3.8) is 0 Å². The number of nitrogens with one attached hydrogen (secondary N) is 1. The molecule has 1 unspecified atom stereocenters. The van der Waals surface area contributed by atoms with E-state index in [1.165, 1.54) is 0 Å². The minimum absolute atomic E-state index is 0.0103. The Bertz CT molecular complexity index is 618. The van der Waals surface area contributed by atoms with E-state index in [0.717, 1.165) is 10.0 Å². The molecule has 0 aliphatic carbocycles. The first kappa shape index (κ1) is 15.9. The van der Waals surface area contributed by atoms with Crippen LogP contribution in [0.25, 0.3) is 0 Å². The Morgan fingerprint density at radius 1 is 1.45 bits per heavy atom. The van der Waals surface area contributed by atoms with Gasteiger partial charge >= 0.3 is 0 Å². The van der Waals surface area contributed by atoms with Gasteiger partial charge in [0.05, 0.1) is 11.5 Å². The fraction of sp³-hybridized carbons (Fsp3) is 0.462. The highest BCUT2D eigenvalue weighted by molar-refractivity contribution is 9.10. The summed E-state index contributed by atoms with van der Waals surface area (Å²) in [5.74, 6) is 0.173. The molecular formula is C13H15BrClNO3S. The van der Waals surface area contributed by atoms with Crippen LogP contribution in [0, 0.1) is 0 Å². The van der Waals surface area contributed by atoms with Crippen molar-refractivity contribution in [2.75, 3.05) is 18.1 Å². The van der Waals surface area contributed by atoms with Crippen molar-refractivity contribution in [1.82, 2.24) is 5.32 Å². The molecule has 0 saturated carbocycles. The Balaban J connectivity index is 1.95. The number of hydrogen-bond acceptors (Lipinski definition) is 4. The normalized spacial score (nSPS) is 21.6. The van der Waals surface area contributed by atoms with Gasteiger partial charge in [-0.05, 0) is 17.7 Å². The van der Waals surface area contributed by atoms with Crippen molar-refractivity contribution in [2.45, 2.75) is 18.9 Å². The fourth-order valence-corrected chi connectivity index (χ4v) is 4.41. The lowest BCUT2D eigenvalue weighted by Gasteiger charge is -2.23. The van der Waals surface area contributed by atoms with Gasteiger partial charge < -0.3 is 5.32 Å². The largest absolute Gasteiger partial charge is 0.312 e. The first-order valence-electron chi connectivity index (χ1n) is 6.25. The standard InChI is InChI=1S/C13H15BrClNO3S/c14-10-2-1-9(13(15)6-10)5-12(17)7-11-8-20(18,19)4-3-16-11/h1-2,6,11,16H,3-5,7-8H2. The zero-order chi connectivity index (χ0) is 14.8. The maximum absolute atomic E-state index is 12.0. The summed E-state index contributed by atoms with van der Waals surface area (Å²) in [6.07, 6.45) is 0.440. The number of benzene rings is 1. The van der Waals surface area contributed by atoms with E-state index >= 15 is 0 Å². The molecule has 1 aromatic rings. The summed E-state index contributed by atoms with van der Waals surface area (Å²) in [4.78, 5) is 12.0. The van der Waals surface area contributed by atoms with Crippen LogP contribution in [0.15, 0.2) is 22.7 Å². The van der Waals surface area contributed by atoms with Crippen LogP contribution in [0.2, 0.25) is 5.02 Å². The van der Waals surface area contributed by atoms with Gasteiger partial charge in [0, 0.05) is 34.9 Å². The van der Waals surface area contributed by atoms with E-state index in [0.29, 0.717) is 11.6 Å². The van der Waals surface area contributed by atoms with E-state index in [9.17, 15) is 13.2 Å². The predicted molar refractivity (Wildman–Crippen MR) is 82.9 cm³/mol. The lowest BCUT2D eigenvalue weighted by atomic mass is 10.0. The molecule has 0 spiro atoms. The van der Waals surface area contributed by atoms with E-state index < -0.39 is 9.84 Å². The maximum Gasteiger partial charge on any atom is 0.153 e. The third kappa shape index (κ3) is 4.55. The topological polar surface area (TPSA) is 63.2 Å². The van der Waals surface area contributed by atoms with Crippen molar-refractivity contribution in [2.24, 2.45) is 0 Å². The molecule has 2 rings (SSSR count). The molecule has 0 bridgehead atoms. The molecule has 1 atom stereocenters. The van der Waals surface area contributed by atoms with Gasteiger partial charge in [0.25, 0.3) is 0 Å². The number of carbonyl (C=O) groups is 1. The van der Waals surface area contributed by atoms with E-state index in [-0.39, 0.29) is 36.2 Å².